The Morgan fingerprint density at radius 2 is 1.72 bits per heavy atom. The van der Waals surface area contributed by atoms with Crippen molar-refractivity contribution in [2.75, 3.05) is 14.1 Å². The van der Waals surface area contributed by atoms with Crippen LogP contribution < -0.4 is 0 Å². The maximum absolute atomic E-state index is 12.4. The Hall–Kier alpha value is -0.780. The van der Waals surface area contributed by atoms with Gasteiger partial charge in [-0.3, -0.25) is 4.79 Å². The van der Waals surface area contributed by atoms with Crippen LogP contribution in [0.25, 0.3) is 0 Å². The lowest BCUT2D eigenvalue weighted by atomic mass is 9.82. The van der Waals surface area contributed by atoms with Crippen molar-refractivity contribution in [1.82, 2.24) is 9.80 Å². The number of amides is 1. The molecule has 0 aromatic carbocycles. The minimum absolute atomic E-state index is 0.273. The van der Waals surface area contributed by atoms with Gasteiger partial charge in [0.1, 0.15) is 0 Å². The molecule has 2 aliphatic rings. The zero-order valence-electron chi connectivity index (χ0n) is 10.7. The Labute approximate surface area is 105 Å². The predicted molar refractivity (Wildman–Crippen MR) is 61.0 cm³/mol. The lowest BCUT2D eigenvalue weighted by molar-refractivity contribution is -0.187. The van der Waals surface area contributed by atoms with Gasteiger partial charge in [-0.2, -0.15) is 13.2 Å². The van der Waals surface area contributed by atoms with E-state index in [4.69, 9.17) is 0 Å². The third kappa shape index (κ3) is 2.48. The van der Waals surface area contributed by atoms with Crippen LogP contribution in [0, 0.1) is 0 Å². The molecule has 0 unspecified atom stereocenters. The van der Waals surface area contributed by atoms with Gasteiger partial charge < -0.3 is 9.80 Å². The molecule has 6 heteroatoms. The topological polar surface area (TPSA) is 23.6 Å². The van der Waals surface area contributed by atoms with Crippen molar-refractivity contribution in [3.8, 4) is 0 Å². The van der Waals surface area contributed by atoms with E-state index < -0.39 is 12.1 Å². The van der Waals surface area contributed by atoms with E-state index in [9.17, 15) is 18.0 Å². The Kier molecular flexibility index (Phi) is 3.58. The molecule has 0 aromatic heterocycles. The maximum Gasteiger partial charge on any atom is 0.471 e. The summed E-state index contributed by atoms with van der Waals surface area (Å²) in [6.07, 6.45) is -0.248. The lowest BCUT2D eigenvalue weighted by Gasteiger charge is -2.49. The highest BCUT2D eigenvalue weighted by molar-refractivity contribution is 5.81. The number of hydrogen-bond donors (Lipinski definition) is 0. The quantitative estimate of drug-likeness (QED) is 0.723. The van der Waals surface area contributed by atoms with Gasteiger partial charge in [-0.15, -0.1) is 0 Å². The molecule has 3 atom stereocenters. The van der Waals surface area contributed by atoms with E-state index in [-0.39, 0.29) is 6.04 Å². The second kappa shape index (κ2) is 4.72. The summed E-state index contributed by atoms with van der Waals surface area (Å²) in [4.78, 5) is 14.4. The van der Waals surface area contributed by atoms with Crippen LogP contribution >= 0.6 is 0 Å². The third-order valence-corrected chi connectivity index (χ3v) is 4.43. The molecule has 104 valence electrons. The molecule has 0 N–H and O–H groups in total. The second-order valence-corrected chi connectivity index (χ2v) is 5.44. The number of rotatable bonds is 1. The number of carbonyl (C=O) groups excluding carboxylic acids is 1. The monoisotopic (exact) mass is 264 g/mol. The van der Waals surface area contributed by atoms with Gasteiger partial charge in [-0.05, 0) is 32.7 Å². The molecule has 2 bridgehead atoms. The Morgan fingerprint density at radius 1 is 1.22 bits per heavy atom. The van der Waals surface area contributed by atoms with Crippen LogP contribution in [-0.2, 0) is 4.79 Å². The molecule has 3 nitrogen and oxygen atoms in total. The SMILES string of the molecule is CN(C(=O)C(F)(F)F)[C@@H]1C[C@H]2CCC[C@@H](C1)N2C. The van der Waals surface area contributed by atoms with Crippen molar-refractivity contribution in [3.63, 3.8) is 0 Å². The van der Waals surface area contributed by atoms with E-state index in [0.717, 1.165) is 24.2 Å². The molecule has 2 fully saturated rings. The first kappa shape index (κ1) is 13.6. The molecule has 0 aromatic rings. The van der Waals surface area contributed by atoms with E-state index >= 15 is 0 Å². The predicted octanol–water partition coefficient (Wildman–Crippen LogP) is 2.02. The summed E-state index contributed by atoms with van der Waals surface area (Å²) >= 11 is 0. The van der Waals surface area contributed by atoms with Crippen LogP contribution in [-0.4, -0.2) is 54.1 Å². The Balaban J connectivity index is 2.05. The molecule has 1 amide bonds. The Bertz CT molecular complexity index is 318. The van der Waals surface area contributed by atoms with Gasteiger partial charge >= 0.3 is 12.1 Å². The van der Waals surface area contributed by atoms with Gasteiger partial charge in [0.25, 0.3) is 0 Å². The average Bonchev–Trinajstić information content (AvgIpc) is 2.25. The van der Waals surface area contributed by atoms with Crippen LogP contribution in [0.2, 0.25) is 0 Å². The van der Waals surface area contributed by atoms with Gasteiger partial charge in [0.05, 0.1) is 0 Å². The summed E-state index contributed by atoms with van der Waals surface area (Å²) in [6.45, 7) is 0. The highest BCUT2D eigenvalue weighted by Gasteiger charge is 2.46. The van der Waals surface area contributed by atoms with Gasteiger partial charge in [0, 0.05) is 25.2 Å². The van der Waals surface area contributed by atoms with Gasteiger partial charge in [0.2, 0.25) is 0 Å². The number of halogens is 3. The third-order valence-electron chi connectivity index (χ3n) is 4.43. The fraction of sp³-hybridized carbons (Fsp3) is 0.917. The highest BCUT2D eigenvalue weighted by atomic mass is 19.4. The van der Waals surface area contributed by atoms with Crippen molar-refractivity contribution >= 4 is 5.91 Å². The van der Waals surface area contributed by atoms with Crippen LogP contribution in [0.4, 0.5) is 13.2 Å². The van der Waals surface area contributed by atoms with Crippen molar-refractivity contribution < 1.29 is 18.0 Å². The summed E-state index contributed by atoms with van der Waals surface area (Å²) in [5.74, 6) is -1.71. The first-order chi connectivity index (χ1) is 8.30. The van der Waals surface area contributed by atoms with E-state index in [1.165, 1.54) is 7.05 Å². The smallest absolute Gasteiger partial charge is 0.335 e. The summed E-state index contributed by atoms with van der Waals surface area (Å²) in [7, 11) is 3.32. The molecule has 2 aliphatic heterocycles. The second-order valence-electron chi connectivity index (χ2n) is 5.44. The number of carbonyl (C=O) groups is 1. The Morgan fingerprint density at radius 3 is 2.17 bits per heavy atom. The van der Waals surface area contributed by atoms with E-state index in [0.29, 0.717) is 24.9 Å². The fourth-order valence-electron chi connectivity index (χ4n) is 3.27. The average molecular weight is 264 g/mol. The first-order valence-corrected chi connectivity index (χ1v) is 6.36. The highest BCUT2D eigenvalue weighted by Crippen LogP contribution is 2.35. The molecule has 2 heterocycles. The molecular weight excluding hydrogens is 245 g/mol. The number of piperidine rings is 2. The van der Waals surface area contributed by atoms with Crippen molar-refractivity contribution in [2.45, 2.75) is 56.4 Å². The zero-order chi connectivity index (χ0) is 13.5. The molecule has 2 rings (SSSR count). The number of fused-ring (bicyclic) bond motifs is 2. The minimum Gasteiger partial charge on any atom is -0.335 e. The summed E-state index contributed by atoms with van der Waals surface area (Å²) in [5, 5.41) is 0. The number of alkyl halides is 3. The molecule has 0 radical (unpaired) electrons. The minimum atomic E-state index is -4.76. The maximum atomic E-state index is 12.4. The fourth-order valence-corrected chi connectivity index (χ4v) is 3.27. The number of hydrogen-bond acceptors (Lipinski definition) is 2. The molecule has 2 saturated heterocycles. The van der Waals surface area contributed by atoms with Crippen LogP contribution in [0.15, 0.2) is 0 Å². The van der Waals surface area contributed by atoms with E-state index in [1.54, 1.807) is 0 Å². The summed E-state index contributed by atoms with van der Waals surface area (Å²) in [6, 6.07) is 0.377. The summed E-state index contributed by atoms with van der Waals surface area (Å²) < 4.78 is 37.3. The molecule has 0 saturated carbocycles. The largest absolute Gasteiger partial charge is 0.471 e. The van der Waals surface area contributed by atoms with Crippen LogP contribution in [0.3, 0.4) is 0 Å². The first-order valence-electron chi connectivity index (χ1n) is 6.36. The van der Waals surface area contributed by atoms with Crippen molar-refractivity contribution in [2.24, 2.45) is 0 Å². The lowest BCUT2D eigenvalue weighted by Crippen LogP contribution is -2.57. The molecule has 18 heavy (non-hydrogen) atoms. The van der Waals surface area contributed by atoms with E-state index in [2.05, 4.69) is 4.90 Å². The standard InChI is InChI=1S/C12H19F3N2O/c1-16-8-4-3-5-9(16)7-10(6-8)17(2)11(18)12(13,14)15/h8-10H,3-7H2,1-2H3/t8-,9+,10-. The van der Waals surface area contributed by atoms with Crippen LogP contribution in [0.1, 0.15) is 32.1 Å². The van der Waals surface area contributed by atoms with Crippen molar-refractivity contribution in [1.29, 1.82) is 0 Å². The van der Waals surface area contributed by atoms with E-state index in [1.807, 2.05) is 7.05 Å². The molecular formula is C12H19F3N2O. The van der Waals surface area contributed by atoms with Gasteiger partial charge in [-0.1, -0.05) is 6.42 Å². The summed E-state index contributed by atoms with van der Waals surface area (Å²) in [5.41, 5.74) is 0. The zero-order valence-corrected chi connectivity index (χ0v) is 10.7. The van der Waals surface area contributed by atoms with Gasteiger partial charge in [-0.25, -0.2) is 0 Å². The van der Waals surface area contributed by atoms with Crippen LogP contribution in [0.5, 0.6) is 0 Å². The number of nitrogens with zero attached hydrogens (tertiary/aromatic N) is 2. The molecule has 0 spiro atoms. The van der Waals surface area contributed by atoms with Gasteiger partial charge in [0.15, 0.2) is 0 Å². The van der Waals surface area contributed by atoms with Crippen molar-refractivity contribution in [3.05, 3.63) is 0 Å². The molecule has 0 aliphatic carbocycles. The normalized spacial score (nSPS) is 33.3.